The minimum Gasteiger partial charge on any atom is -0.333 e. The van der Waals surface area contributed by atoms with Crippen LogP contribution in [0.3, 0.4) is 0 Å². The number of carbonyl (C=O) groups excluding carboxylic acids is 1. The molecule has 19 heavy (non-hydrogen) atoms. The van der Waals surface area contributed by atoms with E-state index >= 15 is 0 Å². The summed E-state index contributed by atoms with van der Waals surface area (Å²) in [6.07, 6.45) is 4.81. The molecule has 2 rings (SSSR count). The molecule has 2 amide bonds. The van der Waals surface area contributed by atoms with E-state index in [1.54, 1.807) is 11.3 Å². The molecule has 0 aliphatic heterocycles. The summed E-state index contributed by atoms with van der Waals surface area (Å²) in [5, 5.41) is 3.00. The van der Waals surface area contributed by atoms with Crippen molar-refractivity contribution in [1.82, 2.24) is 10.2 Å². The van der Waals surface area contributed by atoms with Crippen LogP contribution in [0.25, 0.3) is 0 Å². The summed E-state index contributed by atoms with van der Waals surface area (Å²) < 4.78 is 1.10. The van der Waals surface area contributed by atoms with Crippen LogP contribution in [0, 0.1) is 5.92 Å². The van der Waals surface area contributed by atoms with Gasteiger partial charge in [0, 0.05) is 18.0 Å². The van der Waals surface area contributed by atoms with Crippen LogP contribution in [0.5, 0.6) is 0 Å². The lowest BCUT2D eigenvalue weighted by Gasteiger charge is -2.34. The molecular weight excluding hydrogens is 324 g/mol. The summed E-state index contributed by atoms with van der Waals surface area (Å²) in [6.45, 7) is 2.89. The number of urea groups is 1. The van der Waals surface area contributed by atoms with Gasteiger partial charge in [-0.05, 0) is 46.8 Å². The van der Waals surface area contributed by atoms with Crippen LogP contribution < -0.4 is 5.32 Å². The molecule has 1 aromatic heterocycles. The highest BCUT2D eigenvalue weighted by molar-refractivity contribution is 9.11. The van der Waals surface area contributed by atoms with Gasteiger partial charge in [-0.3, -0.25) is 0 Å². The van der Waals surface area contributed by atoms with E-state index in [1.165, 1.54) is 17.7 Å². The predicted molar refractivity (Wildman–Crippen MR) is 83.4 cm³/mol. The van der Waals surface area contributed by atoms with Gasteiger partial charge in [0.25, 0.3) is 0 Å². The van der Waals surface area contributed by atoms with Gasteiger partial charge < -0.3 is 10.2 Å². The van der Waals surface area contributed by atoms with Crippen molar-refractivity contribution in [2.24, 2.45) is 5.92 Å². The van der Waals surface area contributed by atoms with Crippen molar-refractivity contribution < 1.29 is 4.79 Å². The summed E-state index contributed by atoms with van der Waals surface area (Å²) in [4.78, 5) is 15.2. The molecule has 0 spiro atoms. The number of amides is 2. The van der Waals surface area contributed by atoms with Crippen LogP contribution in [-0.2, 0) is 6.54 Å². The molecule has 0 saturated heterocycles. The highest BCUT2D eigenvalue weighted by atomic mass is 79.9. The van der Waals surface area contributed by atoms with Gasteiger partial charge in [0.2, 0.25) is 0 Å². The third-order valence-corrected chi connectivity index (χ3v) is 5.44. The Balaban J connectivity index is 1.81. The summed E-state index contributed by atoms with van der Waals surface area (Å²) in [7, 11) is 1.92. The van der Waals surface area contributed by atoms with Gasteiger partial charge in [0.15, 0.2) is 0 Å². The normalized spacial score (nSPS) is 23.1. The first-order chi connectivity index (χ1) is 9.06. The molecule has 2 atom stereocenters. The minimum atomic E-state index is 0.0450. The van der Waals surface area contributed by atoms with Crippen LogP contribution >= 0.6 is 27.3 Å². The molecule has 3 nitrogen and oxygen atoms in total. The molecule has 0 bridgehead atoms. The van der Waals surface area contributed by atoms with Crippen molar-refractivity contribution in [3.8, 4) is 0 Å². The Labute approximate surface area is 127 Å². The SMILES string of the molecule is CC1CCCC(N(C)C(=O)NCc2ccc(Br)s2)C1. The molecular formula is C14H21BrN2OS. The number of thiophene rings is 1. The standard InChI is InChI=1S/C14H21BrN2OS/c1-10-4-3-5-11(8-10)17(2)14(18)16-9-12-6-7-13(15)19-12/h6-7,10-11H,3-5,8-9H2,1-2H3,(H,16,18). The number of carbonyl (C=O) groups is 1. The Bertz CT molecular complexity index is 435. The molecule has 2 unspecified atom stereocenters. The molecule has 1 saturated carbocycles. The maximum Gasteiger partial charge on any atom is 0.317 e. The first-order valence-corrected chi connectivity index (χ1v) is 8.42. The largest absolute Gasteiger partial charge is 0.333 e. The second-order valence-corrected chi connectivity index (χ2v) is 7.95. The fraction of sp³-hybridized carbons (Fsp3) is 0.643. The minimum absolute atomic E-state index is 0.0450. The van der Waals surface area contributed by atoms with Gasteiger partial charge in [-0.2, -0.15) is 0 Å². The highest BCUT2D eigenvalue weighted by Gasteiger charge is 2.25. The van der Waals surface area contributed by atoms with Crippen LogP contribution in [0.1, 0.15) is 37.5 Å². The number of hydrogen-bond acceptors (Lipinski definition) is 2. The van der Waals surface area contributed by atoms with Crippen molar-refractivity contribution in [3.63, 3.8) is 0 Å². The van der Waals surface area contributed by atoms with E-state index in [1.807, 2.05) is 24.1 Å². The molecule has 0 aromatic carbocycles. The van der Waals surface area contributed by atoms with Crippen LogP contribution in [0.2, 0.25) is 0 Å². The summed E-state index contributed by atoms with van der Waals surface area (Å²) in [5.74, 6) is 0.738. The zero-order valence-corrected chi connectivity index (χ0v) is 13.9. The first-order valence-electron chi connectivity index (χ1n) is 6.81. The first kappa shape index (κ1) is 14.9. The number of halogens is 1. The quantitative estimate of drug-likeness (QED) is 0.874. The van der Waals surface area contributed by atoms with E-state index in [-0.39, 0.29) is 6.03 Å². The third kappa shape index (κ3) is 4.21. The summed E-state index contributed by atoms with van der Waals surface area (Å²) in [6, 6.07) is 4.50. The van der Waals surface area contributed by atoms with Gasteiger partial charge in [-0.25, -0.2) is 4.79 Å². The Morgan fingerprint density at radius 3 is 2.95 bits per heavy atom. The fourth-order valence-corrected chi connectivity index (χ4v) is 4.08. The summed E-state index contributed by atoms with van der Waals surface area (Å²) in [5.41, 5.74) is 0. The second-order valence-electron chi connectivity index (χ2n) is 5.40. The maximum atomic E-state index is 12.1. The zero-order valence-electron chi connectivity index (χ0n) is 11.5. The van der Waals surface area contributed by atoms with Crippen molar-refractivity contribution in [1.29, 1.82) is 0 Å². The molecule has 0 radical (unpaired) electrons. The fourth-order valence-electron chi connectivity index (χ4n) is 2.65. The van der Waals surface area contributed by atoms with E-state index < -0.39 is 0 Å². The molecule has 1 fully saturated rings. The van der Waals surface area contributed by atoms with Crippen molar-refractivity contribution in [3.05, 3.63) is 20.8 Å². The molecule has 5 heteroatoms. The van der Waals surface area contributed by atoms with Crippen molar-refractivity contribution in [2.45, 2.75) is 45.2 Å². The lowest BCUT2D eigenvalue weighted by molar-refractivity contribution is 0.160. The van der Waals surface area contributed by atoms with Gasteiger partial charge >= 0.3 is 6.03 Å². The lowest BCUT2D eigenvalue weighted by Crippen LogP contribution is -2.45. The monoisotopic (exact) mass is 344 g/mol. The Hall–Kier alpha value is -0.550. The molecule has 1 aromatic rings. The van der Waals surface area contributed by atoms with Gasteiger partial charge in [-0.1, -0.05) is 19.8 Å². The molecule has 106 valence electrons. The number of nitrogens with zero attached hydrogens (tertiary/aromatic N) is 1. The Morgan fingerprint density at radius 1 is 1.53 bits per heavy atom. The zero-order chi connectivity index (χ0) is 13.8. The smallest absolute Gasteiger partial charge is 0.317 e. The summed E-state index contributed by atoms with van der Waals surface area (Å²) >= 11 is 5.09. The van der Waals surface area contributed by atoms with Crippen LogP contribution in [-0.4, -0.2) is 24.0 Å². The number of hydrogen-bond donors (Lipinski definition) is 1. The molecule has 1 aliphatic rings. The average Bonchev–Trinajstić information content (AvgIpc) is 2.81. The lowest BCUT2D eigenvalue weighted by atomic mass is 9.86. The van der Waals surface area contributed by atoms with Gasteiger partial charge in [0.1, 0.15) is 0 Å². The van der Waals surface area contributed by atoms with E-state index in [2.05, 4.69) is 28.2 Å². The average molecular weight is 345 g/mol. The van der Waals surface area contributed by atoms with Gasteiger partial charge in [-0.15, -0.1) is 11.3 Å². The highest BCUT2D eigenvalue weighted by Crippen LogP contribution is 2.27. The third-order valence-electron chi connectivity index (χ3n) is 3.82. The van der Waals surface area contributed by atoms with Crippen molar-refractivity contribution >= 4 is 33.3 Å². The molecule has 1 N–H and O–H groups in total. The van der Waals surface area contributed by atoms with E-state index in [0.29, 0.717) is 12.6 Å². The van der Waals surface area contributed by atoms with Crippen LogP contribution in [0.15, 0.2) is 15.9 Å². The molecule has 1 aliphatic carbocycles. The number of nitrogens with one attached hydrogen (secondary N) is 1. The van der Waals surface area contributed by atoms with Gasteiger partial charge in [0.05, 0.1) is 10.3 Å². The van der Waals surface area contributed by atoms with E-state index in [0.717, 1.165) is 22.5 Å². The predicted octanol–water partition coefficient (Wildman–Crippen LogP) is 4.23. The van der Waals surface area contributed by atoms with E-state index in [9.17, 15) is 4.79 Å². The van der Waals surface area contributed by atoms with Crippen molar-refractivity contribution in [2.75, 3.05) is 7.05 Å². The van der Waals surface area contributed by atoms with E-state index in [4.69, 9.17) is 0 Å². The topological polar surface area (TPSA) is 32.3 Å². The Kier molecular flexibility index (Phi) is 5.28. The maximum absolute atomic E-state index is 12.1. The number of rotatable bonds is 3. The van der Waals surface area contributed by atoms with Crippen LogP contribution in [0.4, 0.5) is 4.79 Å². The Morgan fingerprint density at radius 2 is 2.32 bits per heavy atom. The second kappa shape index (κ2) is 6.75. The molecule has 1 heterocycles.